The molecule has 1 saturated heterocycles. The molecule has 2 heterocycles. The first kappa shape index (κ1) is 17.8. The lowest BCUT2D eigenvalue weighted by Crippen LogP contribution is -2.64. The predicted molar refractivity (Wildman–Crippen MR) is 92.0 cm³/mol. The van der Waals surface area contributed by atoms with Gasteiger partial charge in [0, 0.05) is 20.7 Å². The maximum absolute atomic E-state index is 12.9. The third kappa shape index (κ3) is 3.49. The highest BCUT2D eigenvalue weighted by molar-refractivity contribution is 6.03. The molecule has 1 fully saturated rings. The van der Waals surface area contributed by atoms with Gasteiger partial charge >= 0.3 is 6.03 Å². The average molecular weight is 362 g/mol. The van der Waals surface area contributed by atoms with Crippen molar-refractivity contribution < 1.29 is 18.7 Å². The number of likely N-dealkylation sites (N-methyl/N-ethyl adjacent to an activating group) is 1. The van der Waals surface area contributed by atoms with Gasteiger partial charge in [0.05, 0.1) is 12.8 Å². The zero-order valence-corrected chi connectivity index (χ0v) is 14.3. The lowest BCUT2D eigenvalue weighted by Gasteiger charge is -2.35. The Balaban J connectivity index is 1.77. The fourth-order valence-corrected chi connectivity index (χ4v) is 2.77. The predicted octanol–water partition coefficient (Wildman–Crippen LogP) is -0.0565. The number of ether oxygens (including phenoxy) is 1. The molecule has 138 valence electrons. The van der Waals surface area contributed by atoms with E-state index in [1.807, 2.05) is 0 Å². The van der Waals surface area contributed by atoms with Gasteiger partial charge in [-0.15, -0.1) is 0 Å². The number of hydrogen-bond donors (Lipinski definition) is 2. The van der Waals surface area contributed by atoms with Gasteiger partial charge < -0.3 is 14.5 Å². The molecule has 0 aliphatic carbocycles. The Kier molecular flexibility index (Phi) is 5.12. The number of hydrogen-bond acceptors (Lipinski definition) is 7. The summed E-state index contributed by atoms with van der Waals surface area (Å²) in [5, 5.41) is 6.40. The van der Waals surface area contributed by atoms with Crippen LogP contribution in [0.5, 0.6) is 0 Å². The Morgan fingerprint density at radius 2 is 2.12 bits per heavy atom. The first-order valence-corrected chi connectivity index (χ1v) is 7.97. The van der Waals surface area contributed by atoms with Crippen LogP contribution in [0, 0.1) is 5.82 Å². The Hall–Kier alpha value is -3.01. The SMILES string of the molecule is COCCN1C(N/N=C/c2ccc(F)cc2)=NC2C1C(=O)NC(=O)N2C. The summed E-state index contributed by atoms with van der Waals surface area (Å²) in [6.45, 7) is 0.765. The maximum Gasteiger partial charge on any atom is 0.325 e. The van der Waals surface area contributed by atoms with E-state index in [9.17, 15) is 14.0 Å². The second-order valence-electron chi connectivity index (χ2n) is 5.82. The van der Waals surface area contributed by atoms with E-state index in [-0.39, 0.29) is 5.82 Å². The van der Waals surface area contributed by atoms with E-state index in [2.05, 4.69) is 20.8 Å². The van der Waals surface area contributed by atoms with Crippen molar-refractivity contribution in [1.82, 2.24) is 20.5 Å². The molecule has 0 bridgehead atoms. The third-order valence-electron chi connectivity index (χ3n) is 4.15. The van der Waals surface area contributed by atoms with Crippen LogP contribution in [-0.4, -0.2) is 73.4 Å². The van der Waals surface area contributed by atoms with E-state index in [0.29, 0.717) is 24.7 Å². The zero-order chi connectivity index (χ0) is 18.7. The number of rotatable bonds is 5. The monoisotopic (exact) mass is 362 g/mol. The fourth-order valence-electron chi connectivity index (χ4n) is 2.77. The largest absolute Gasteiger partial charge is 0.383 e. The lowest BCUT2D eigenvalue weighted by atomic mass is 10.1. The Labute approximate surface area is 149 Å². The minimum Gasteiger partial charge on any atom is -0.383 e. The van der Waals surface area contributed by atoms with Crippen LogP contribution in [0.3, 0.4) is 0 Å². The number of aliphatic imine (C=N–C) groups is 1. The van der Waals surface area contributed by atoms with Gasteiger partial charge in [-0.05, 0) is 17.7 Å². The summed E-state index contributed by atoms with van der Waals surface area (Å²) in [6.07, 6.45) is 0.865. The molecule has 2 unspecified atom stereocenters. The number of guanidine groups is 1. The molecule has 2 N–H and O–H groups in total. The molecule has 9 nitrogen and oxygen atoms in total. The second kappa shape index (κ2) is 7.48. The first-order chi connectivity index (χ1) is 12.5. The number of fused-ring (bicyclic) bond motifs is 1. The van der Waals surface area contributed by atoms with Gasteiger partial charge in [0.1, 0.15) is 5.82 Å². The van der Waals surface area contributed by atoms with Crippen molar-refractivity contribution >= 4 is 24.1 Å². The van der Waals surface area contributed by atoms with Crippen LogP contribution in [0.15, 0.2) is 34.4 Å². The van der Waals surface area contributed by atoms with Gasteiger partial charge in [-0.25, -0.2) is 19.6 Å². The van der Waals surface area contributed by atoms with Crippen LogP contribution in [0.2, 0.25) is 0 Å². The molecule has 2 aliphatic rings. The van der Waals surface area contributed by atoms with E-state index in [1.54, 1.807) is 31.2 Å². The molecule has 1 aromatic carbocycles. The average Bonchev–Trinajstić information content (AvgIpc) is 2.99. The molecule has 3 rings (SSSR count). The topological polar surface area (TPSA) is 98.6 Å². The Bertz CT molecular complexity index is 751. The van der Waals surface area contributed by atoms with Crippen LogP contribution in [0.25, 0.3) is 0 Å². The summed E-state index contributed by atoms with van der Waals surface area (Å²) in [5.74, 6) is -0.395. The molecular weight excluding hydrogens is 343 g/mol. The molecule has 0 aromatic heterocycles. The highest BCUT2D eigenvalue weighted by Crippen LogP contribution is 2.22. The third-order valence-corrected chi connectivity index (χ3v) is 4.15. The molecule has 2 aliphatic heterocycles. The summed E-state index contributed by atoms with van der Waals surface area (Å²) < 4.78 is 18.0. The van der Waals surface area contributed by atoms with E-state index >= 15 is 0 Å². The highest BCUT2D eigenvalue weighted by atomic mass is 19.1. The summed E-state index contributed by atoms with van der Waals surface area (Å²) in [4.78, 5) is 31.5. The van der Waals surface area contributed by atoms with E-state index in [0.717, 1.165) is 0 Å². The fraction of sp³-hybridized carbons (Fsp3) is 0.375. The molecule has 2 atom stereocenters. The number of halogens is 1. The molecule has 26 heavy (non-hydrogen) atoms. The van der Waals surface area contributed by atoms with E-state index in [4.69, 9.17) is 4.74 Å². The van der Waals surface area contributed by atoms with Crippen LogP contribution >= 0.6 is 0 Å². The number of carbonyl (C=O) groups excluding carboxylic acids is 2. The minimum atomic E-state index is -0.656. The zero-order valence-electron chi connectivity index (χ0n) is 14.3. The number of urea groups is 1. The van der Waals surface area contributed by atoms with Gasteiger partial charge in [0.25, 0.3) is 5.91 Å². The van der Waals surface area contributed by atoms with Crippen LogP contribution in [0.4, 0.5) is 9.18 Å². The second-order valence-corrected chi connectivity index (χ2v) is 5.82. The molecule has 0 saturated carbocycles. The van der Waals surface area contributed by atoms with Crippen LogP contribution in [-0.2, 0) is 9.53 Å². The normalized spacial score (nSPS) is 22.5. The number of hydrazone groups is 1. The molecule has 0 spiro atoms. The molecule has 10 heteroatoms. The smallest absolute Gasteiger partial charge is 0.325 e. The van der Waals surface area contributed by atoms with Crippen molar-refractivity contribution in [2.75, 3.05) is 27.3 Å². The van der Waals surface area contributed by atoms with Crippen molar-refractivity contribution in [3.63, 3.8) is 0 Å². The van der Waals surface area contributed by atoms with Crippen molar-refractivity contribution in [2.24, 2.45) is 10.1 Å². The molecule has 3 amide bonds. The number of benzene rings is 1. The van der Waals surface area contributed by atoms with Crippen LogP contribution < -0.4 is 10.7 Å². The van der Waals surface area contributed by atoms with Crippen LogP contribution in [0.1, 0.15) is 5.56 Å². The number of amides is 3. The summed E-state index contributed by atoms with van der Waals surface area (Å²) in [6, 6.07) is 4.68. The van der Waals surface area contributed by atoms with Gasteiger partial charge in [-0.1, -0.05) is 12.1 Å². The standard InChI is InChI=1S/C16H19FN6O3/c1-22-13-12(14(24)20-16(22)25)23(7-8-26-2)15(19-13)21-18-9-10-3-5-11(17)6-4-10/h3-6,9,12-13H,7-8H2,1-2H3,(H,19,21)(H,20,24,25)/b18-9+. The lowest BCUT2D eigenvalue weighted by molar-refractivity contribution is -0.127. The minimum absolute atomic E-state index is 0.330. The Morgan fingerprint density at radius 1 is 1.38 bits per heavy atom. The highest BCUT2D eigenvalue weighted by Gasteiger charge is 2.48. The van der Waals surface area contributed by atoms with Gasteiger partial charge in [-0.2, -0.15) is 5.10 Å². The molecule has 0 radical (unpaired) electrons. The number of nitrogens with one attached hydrogen (secondary N) is 2. The quantitative estimate of drug-likeness (QED) is 0.565. The summed E-state index contributed by atoms with van der Waals surface area (Å²) >= 11 is 0. The van der Waals surface area contributed by atoms with E-state index < -0.39 is 24.1 Å². The van der Waals surface area contributed by atoms with Crippen molar-refractivity contribution in [3.05, 3.63) is 35.6 Å². The summed E-state index contributed by atoms with van der Waals surface area (Å²) in [5.41, 5.74) is 3.49. The van der Waals surface area contributed by atoms with Crippen molar-refractivity contribution in [1.29, 1.82) is 0 Å². The van der Waals surface area contributed by atoms with Crippen molar-refractivity contribution in [2.45, 2.75) is 12.2 Å². The van der Waals surface area contributed by atoms with Crippen molar-refractivity contribution in [3.8, 4) is 0 Å². The van der Waals surface area contributed by atoms with E-state index in [1.165, 1.54) is 23.2 Å². The van der Waals surface area contributed by atoms with Gasteiger partial charge in [0.2, 0.25) is 5.96 Å². The first-order valence-electron chi connectivity index (χ1n) is 7.97. The molecule has 1 aromatic rings. The number of methoxy groups -OCH3 is 1. The number of carbonyl (C=O) groups is 2. The number of nitrogens with zero attached hydrogens (tertiary/aromatic N) is 4. The molecular formula is C16H19FN6O3. The Morgan fingerprint density at radius 3 is 2.81 bits per heavy atom. The van der Waals surface area contributed by atoms with Gasteiger partial charge in [0.15, 0.2) is 12.2 Å². The number of imide groups is 1. The maximum atomic E-state index is 12.9. The summed E-state index contributed by atoms with van der Waals surface area (Å²) in [7, 11) is 3.13. The van der Waals surface area contributed by atoms with Gasteiger partial charge in [-0.3, -0.25) is 10.1 Å².